The molecule has 22 heavy (non-hydrogen) atoms. The number of unbranched alkanes of at least 4 members (excludes halogenated alkanes) is 1. The summed E-state index contributed by atoms with van der Waals surface area (Å²) in [7, 11) is 2.11. The van der Waals surface area contributed by atoms with Crippen molar-refractivity contribution in [1.29, 1.82) is 0 Å². The number of para-hydroxylation sites is 1. The Labute approximate surface area is 134 Å². The third kappa shape index (κ3) is 6.94. The summed E-state index contributed by atoms with van der Waals surface area (Å²) in [6, 6.07) is 8.64. The van der Waals surface area contributed by atoms with Gasteiger partial charge in [0, 0.05) is 24.6 Å². The van der Waals surface area contributed by atoms with Gasteiger partial charge in [0.05, 0.1) is 13.2 Å². The lowest BCUT2D eigenvalue weighted by Gasteiger charge is -2.22. The van der Waals surface area contributed by atoms with E-state index in [2.05, 4.69) is 31.9 Å². The standard InChI is InChI=1S/C18H29NO3/c1-5-21-18(20)12-8-9-13-22-17-11-7-6-10-16(17)14-19(4)15(2)3/h6-7,10-11,15H,5,8-9,12-14H2,1-4H3. The lowest BCUT2D eigenvalue weighted by molar-refractivity contribution is -0.143. The third-order valence-corrected chi connectivity index (χ3v) is 3.61. The summed E-state index contributed by atoms with van der Waals surface area (Å²) in [5.74, 6) is 0.813. The van der Waals surface area contributed by atoms with Gasteiger partial charge in [-0.1, -0.05) is 18.2 Å². The quantitative estimate of drug-likeness (QED) is 0.489. The highest BCUT2D eigenvalue weighted by atomic mass is 16.5. The SMILES string of the molecule is CCOC(=O)CCCCOc1ccccc1CN(C)C(C)C. The first-order valence-electron chi connectivity index (χ1n) is 8.11. The van der Waals surface area contributed by atoms with Gasteiger partial charge in [0.25, 0.3) is 0 Å². The van der Waals surface area contributed by atoms with E-state index < -0.39 is 0 Å². The van der Waals surface area contributed by atoms with Crippen molar-refractivity contribution in [3.63, 3.8) is 0 Å². The molecule has 1 rings (SSSR count). The normalized spacial score (nSPS) is 11.0. The fraction of sp³-hybridized carbons (Fsp3) is 0.611. The Kier molecular flexibility index (Phi) is 8.60. The van der Waals surface area contributed by atoms with E-state index >= 15 is 0 Å². The molecule has 0 bridgehead atoms. The molecule has 0 aliphatic rings. The van der Waals surface area contributed by atoms with Crippen LogP contribution in [-0.2, 0) is 16.1 Å². The molecule has 0 heterocycles. The van der Waals surface area contributed by atoms with Crippen molar-refractivity contribution in [1.82, 2.24) is 4.90 Å². The van der Waals surface area contributed by atoms with E-state index in [0.29, 0.717) is 25.7 Å². The van der Waals surface area contributed by atoms with Gasteiger partial charge in [-0.3, -0.25) is 9.69 Å². The van der Waals surface area contributed by atoms with Gasteiger partial charge in [0.2, 0.25) is 0 Å². The number of esters is 1. The van der Waals surface area contributed by atoms with Crippen molar-refractivity contribution < 1.29 is 14.3 Å². The van der Waals surface area contributed by atoms with E-state index in [1.165, 1.54) is 5.56 Å². The van der Waals surface area contributed by atoms with Crippen LogP contribution in [0.25, 0.3) is 0 Å². The second kappa shape index (κ2) is 10.2. The molecule has 0 spiro atoms. The van der Waals surface area contributed by atoms with Crippen LogP contribution in [0.1, 0.15) is 45.6 Å². The molecule has 0 N–H and O–H groups in total. The lowest BCUT2D eigenvalue weighted by Crippen LogP contribution is -2.25. The van der Waals surface area contributed by atoms with Gasteiger partial charge < -0.3 is 9.47 Å². The molecule has 0 aliphatic heterocycles. The predicted molar refractivity (Wildman–Crippen MR) is 89.0 cm³/mol. The van der Waals surface area contributed by atoms with Gasteiger partial charge >= 0.3 is 5.97 Å². The first kappa shape index (κ1) is 18.5. The number of benzene rings is 1. The molecule has 1 aromatic rings. The number of carbonyl (C=O) groups excluding carboxylic acids is 1. The molecule has 0 atom stereocenters. The molecule has 0 aromatic heterocycles. The molecule has 0 fully saturated rings. The maximum atomic E-state index is 11.2. The van der Waals surface area contributed by atoms with Crippen LogP contribution in [0.4, 0.5) is 0 Å². The Morgan fingerprint density at radius 1 is 1.23 bits per heavy atom. The Hall–Kier alpha value is -1.55. The van der Waals surface area contributed by atoms with Gasteiger partial charge in [-0.15, -0.1) is 0 Å². The number of nitrogens with zero attached hydrogens (tertiary/aromatic N) is 1. The van der Waals surface area contributed by atoms with Crippen LogP contribution in [0.3, 0.4) is 0 Å². The average Bonchev–Trinajstić information content (AvgIpc) is 2.48. The number of hydrogen-bond donors (Lipinski definition) is 0. The van der Waals surface area contributed by atoms with Gasteiger partial charge in [0.15, 0.2) is 0 Å². The molecular formula is C18H29NO3. The summed E-state index contributed by atoms with van der Waals surface area (Å²) in [4.78, 5) is 13.5. The van der Waals surface area contributed by atoms with E-state index in [1.807, 2.05) is 25.1 Å². The lowest BCUT2D eigenvalue weighted by atomic mass is 10.1. The predicted octanol–water partition coefficient (Wildman–Crippen LogP) is 3.64. The first-order valence-corrected chi connectivity index (χ1v) is 8.11. The average molecular weight is 307 g/mol. The van der Waals surface area contributed by atoms with Crippen LogP contribution in [0.15, 0.2) is 24.3 Å². The molecule has 0 amide bonds. The van der Waals surface area contributed by atoms with Crippen LogP contribution < -0.4 is 4.74 Å². The molecule has 0 aliphatic carbocycles. The van der Waals surface area contributed by atoms with Crippen molar-refractivity contribution in [2.45, 2.75) is 52.6 Å². The minimum Gasteiger partial charge on any atom is -0.493 e. The zero-order chi connectivity index (χ0) is 16.4. The fourth-order valence-corrected chi connectivity index (χ4v) is 2.01. The zero-order valence-corrected chi connectivity index (χ0v) is 14.3. The summed E-state index contributed by atoms with van der Waals surface area (Å²) in [5, 5.41) is 0. The van der Waals surface area contributed by atoms with Crippen molar-refractivity contribution in [3.05, 3.63) is 29.8 Å². The van der Waals surface area contributed by atoms with Gasteiger partial charge in [-0.2, -0.15) is 0 Å². The van der Waals surface area contributed by atoms with Crippen LogP contribution >= 0.6 is 0 Å². The highest BCUT2D eigenvalue weighted by Crippen LogP contribution is 2.20. The molecule has 4 heteroatoms. The van der Waals surface area contributed by atoms with Crippen LogP contribution in [-0.4, -0.2) is 37.2 Å². The maximum Gasteiger partial charge on any atom is 0.305 e. The molecule has 1 aromatic carbocycles. The summed E-state index contributed by atoms with van der Waals surface area (Å²) in [6.07, 6.45) is 2.12. The van der Waals surface area contributed by atoms with E-state index in [-0.39, 0.29) is 5.97 Å². The van der Waals surface area contributed by atoms with E-state index in [1.54, 1.807) is 0 Å². The van der Waals surface area contributed by atoms with Crippen LogP contribution in [0.2, 0.25) is 0 Å². The number of carbonyl (C=O) groups is 1. The van der Waals surface area contributed by atoms with Crippen LogP contribution in [0.5, 0.6) is 5.75 Å². The highest BCUT2D eigenvalue weighted by Gasteiger charge is 2.09. The smallest absolute Gasteiger partial charge is 0.305 e. The second-order valence-corrected chi connectivity index (χ2v) is 5.73. The summed E-state index contributed by atoms with van der Waals surface area (Å²) < 4.78 is 10.8. The van der Waals surface area contributed by atoms with E-state index in [9.17, 15) is 4.79 Å². The number of hydrogen-bond acceptors (Lipinski definition) is 4. The second-order valence-electron chi connectivity index (χ2n) is 5.73. The fourth-order valence-electron chi connectivity index (χ4n) is 2.01. The molecule has 0 radical (unpaired) electrons. The topological polar surface area (TPSA) is 38.8 Å². The zero-order valence-electron chi connectivity index (χ0n) is 14.3. The Morgan fingerprint density at radius 2 is 1.95 bits per heavy atom. The number of ether oxygens (including phenoxy) is 2. The Bertz CT molecular complexity index is 446. The van der Waals surface area contributed by atoms with E-state index in [0.717, 1.165) is 25.1 Å². The van der Waals surface area contributed by atoms with Crippen molar-refractivity contribution in [2.75, 3.05) is 20.3 Å². The van der Waals surface area contributed by atoms with Crippen molar-refractivity contribution >= 4 is 5.97 Å². The summed E-state index contributed by atoms with van der Waals surface area (Å²) >= 11 is 0. The minimum absolute atomic E-state index is 0.124. The Balaban J connectivity index is 2.38. The minimum atomic E-state index is -0.124. The van der Waals surface area contributed by atoms with Crippen LogP contribution in [0, 0.1) is 0 Å². The first-order chi connectivity index (χ1) is 10.5. The Morgan fingerprint density at radius 3 is 2.64 bits per heavy atom. The molecule has 0 saturated carbocycles. The van der Waals surface area contributed by atoms with E-state index in [4.69, 9.17) is 9.47 Å². The van der Waals surface area contributed by atoms with Crippen molar-refractivity contribution in [3.8, 4) is 5.75 Å². The summed E-state index contributed by atoms with van der Waals surface area (Å²) in [5.41, 5.74) is 1.20. The van der Waals surface area contributed by atoms with Gasteiger partial charge in [-0.05, 0) is 46.7 Å². The molecule has 0 unspecified atom stereocenters. The monoisotopic (exact) mass is 307 g/mol. The summed E-state index contributed by atoms with van der Waals surface area (Å²) in [6.45, 7) is 8.13. The largest absolute Gasteiger partial charge is 0.493 e. The molecule has 4 nitrogen and oxygen atoms in total. The van der Waals surface area contributed by atoms with Gasteiger partial charge in [-0.25, -0.2) is 0 Å². The van der Waals surface area contributed by atoms with Gasteiger partial charge in [0.1, 0.15) is 5.75 Å². The molecule has 0 saturated heterocycles. The number of rotatable bonds is 10. The third-order valence-electron chi connectivity index (χ3n) is 3.61. The maximum absolute atomic E-state index is 11.2. The molecule has 124 valence electrons. The molecular weight excluding hydrogens is 278 g/mol. The van der Waals surface area contributed by atoms with Crippen molar-refractivity contribution in [2.24, 2.45) is 0 Å². The highest BCUT2D eigenvalue weighted by molar-refractivity contribution is 5.69.